The largest absolute Gasteiger partial charge is 0.506 e. The van der Waals surface area contributed by atoms with E-state index < -0.39 is 0 Å². The lowest BCUT2D eigenvalue weighted by Crippen LogP contribution is -2.51. The van der Waals surface area contributed by atoms with Crippen LogP contribution in [0.5, 0.6) is 5.75 Å². The van der Waals surface area contributed by atoms with E-state index >= 15 is 0 Å². The maximum atomic E-state index is 9.96. The maximum absolute atomic E-state index is 9.96. The average molecular weight is 362 g/mol. The van der Waals surface area contributed by atoms with Gasteiger partial charge in [0.25, 0.3) is 0 Å². The van der Waals surface area contributed by atoms with Gasteiger partial charge in [-0.3, -0.25) is 0 Å². The lowest BCUT2D eigenvalue weighted by atomic mass is 10.2. The summed E-state index contributed by atoms with van der Waals surface area (Å²) in [5.41, 5.74) is 2.03. The molecule has 1 fully saturated rings. The highest BCUT2D eigenvalue weighted by Gasteiger charge is 2.20. The Kier molecular flexibility index (Phi) is 5.43. The number of para-hydroxylation sites is 2. The molecule has 2 aromatic carbocycles. The van der Waals surface area contributed by atoms with Gasteiger partial charge < -0.3 is 20.2 Å². The first kappa shape index (κ1) is 16.9. The van der Waals surface area contributed by atoms with Crippen molar-refractivity contribution in [3.63, 3.8) is 0 Å². The van der Waals surface area contributed by atoms with E-state index in [2.05, 4.69) is 15.1 Å². The zero-order chi connectivity index (χ0) is 16.9. The summed E-state index contributed by atoms with van der Waals surface area (Å²) in [6, 6.07) is 15.2. The van der Waals surface area contributed by atoms with Crippen LogP contribution in [0.1, 0.15) is 5.56 Å². The van der Waals surface area contributed by atoms with Gasteiger partial charge in [0.15, 0.2) is 5.11 Å². The molecule has 0 aliphatic carbocycles. The summed E-state index contributed by atoms with van der Waals surface area (Å²) in [5, 5.41) is 14.8. The average Bonchev–Trinajstić information content (AvgIpc) is 2.61. The van der Waals surface area contributed by atoms with Gasteiger partial charge in [-0.2, -0.15) is 0 Å². The molecule has 0 spiro atoms. The third kappa shape index (κ3) is 4.10. The second kappa shape index (κ2) is 7.73. The summed E-state index contributed by atoms with van der Waals surface area (Å²) in [6.45, 7) is 4.03. The number of hydrogen-bond donors (Lipinski definition) is 2. The van der Waals surface area contributed by atoms with Crippen LogP contribution in [0.3, 0.4) is 0 Å². The van der Waals surface area contributed by atoms with Gasteiger partial charge >= 0.3 is 0 Å². The Morgan fingerprint density at radius 1 is 1.04 bits per heavy atom. The molecule has 6 heteroatoms. The van der Waals surface area contributed by atoms with Crippen molar-refractivity contribution in [2.24, 2.45) is 0 Å². The molecular weight excluding hydrogens is 342 g/mol. The van der Waals surface area contributed by atoms with Gasteiger partial charge in [0, 0.05) is 37.7 Å². The van der Waals surface area contributed by atoms with Crippen LogP contribution in [-0.4, -0.2) is 41.3 Å². The summed E-state index contributed by atoms with van der Waals surface area (Å²) in [5.74, 6) is 0.328. The number of thiocarbonyl (C=S) groups is 1. The molecule has 1 aliphatic rings. The van der Waals surface area contributed by atoms with E-state index in [-0.39, 0.29) is 0 Å². The van der Waals surface area contributed by atoms with E-state index in [1.807, 2.05) is 42.5 Å². The van der Waals surface area contributed by atoms with Crippen molar-refractivity contribution in [3.8, 4) is 5.75 Å². The third-order valence-corrected chi connectivity index (χ3v) is 4.80. The van der Waals surface area contributed by atoms with E-state index in [1.54, 1.807) is 6.07 Å². The van der Waals surface area contributed by atoms with Crippen LogP contribution in [0.2, 0.25) is 5.02 Å². The van der Waals surface area contributed by atoms with Crippen LogP contribution in [0.15, 0.2) is 48.5 Å². The quantitative estimate of drug-likeness (QED) is 0.821. The highest BCUT2D eigenvalue weighted by Crippen LogP contribution is 2.27. The molecule has 2 N–H and O–H groups in total. The van der Waals surface area contributed by atoms with E-state index in [0.717, 1.165) is 47.6 Å². The molecule has 24 heavy (non-hydrogen) atoms. The van der Waals surface area contributed by atoms with Crippen LogP contribution < -0.4 is 10.2 Å². The zero-order valence-electron chi connectivity index (χ0n) is 13.3. The number of piperazine rings is 1. The Hall–Kier alpha value is -1.98. The number of benzene rings is 2. The molecule has 0 atom stereocenters. The predicted octanol–water partition coefficient (Wildman–Crippen LogP) is 3.24. The first-order valence-electron chi connectivity index (χ1n) is 7.93. The van der Waals surface area contributed by atoms with Crippen molar-refractivity contribution in [2.45, 2.75) is 6.54 Å². The summed E-state index contributed by atoms with van der Waals surface area (Å²) < 4.78 is 0. The molecule has 126 valence electrons. The third-order valence-electron chi connectivity index (χ3n) is 4.15. The number of nitrogens with one attached hydrogen (secondary N) is 1. The maximum Gasteiger partial charge on any atom is 0.169 e. The van der Waals surface area contributed by atoms with Gasteiger partial charge in [-0.25, -0.2) is 0 Å². The first-order valence-corrected chi connectivity index (χ1v) is 8.72. The highest BCUT2D eigenvalue weighted by molar-refractivity contribution is 7.80. The van der Waals surface area contributed by atoms with Gasteiger partial charge in [0.2, 0.25) is 0 Å². The molecule has 0 bridgehead atoms. The molecule has 0 radical (unpaired) electrons. The molecule has 1 heterocycles. The van der Waals surface area contributed by atoms with Crippen LogP contribution in [0, 0.1) is 0 Å². The van der Waals surface area contributed by atoms with Gasteiger partial charge in [0.1, 0.15) is 5.75 Å². The molecule has 1 aliphatic heterocycles. The Bertz CT molecular complexity index is 700. The molecule has 0 unspecified atom stereocenters. The smallest absolute Gasteiger partial charge is 0.169 e. The Morgan fingerprint density at radius 2 is 1.71 bits per heavy atom. The van der Waals surface area contributed by atoms with Crippen LogP contribution in [0.25, 0.3) is 0 Å². The number of phenols is 1. The highest BCUT2D eigenvalue weighted by atomic mass is 35.5. The van der Waals surface area contributed by atoms with Crippen molar-refractivity contribution in [2.75, 3.05) is 31.1 Å². The Morgan fingerprint density at radius 3 is 2.38 bits per heavy atom. The Balaban J connectivity index is 1.50. The van der Waals surface area contributed by atoms with Crippen molar-refractivity contribution in [3.05, 3.63) is 59.1 Å². The molecular formula is C18H20ClN3OS. The van der Waals surface area contributed by atoms with Crippen molar-refractivity contribution in [1.29, 1.82) is 0 Å². The minimum atomic E-state index is 0.328. The van der Waals surface area contributed by atoms with Crippen molar-refractivity contribution >= 4 is 34.6 Å². The number of hydrogen-bond acceptors (Lipinski definition) is 3. The second-order valence-corrected chi connectivity index (χ2v) is 6.57. The molecule has 2 aromatic rings. The molecule has 1 saturated heterocycles. The number of nitrogens with zero attached hydrogens (tertiary/aromatic N) is 2. The summed E-state index contributed by atoms with van der Waals surface area (Å²) >= 11 is 11.4. The number of halogens is 1. The summed E-state index contributed by atoms with van der Waals surface area (Å²) in [7, 11) is 0. The molecule has 3 rings (SSSR count). The predicted molar refractivity (Wildman–Crippen MR) is 103 cm³/mol. The minimum Gasteiger partial charge on any atom is -0.506 e. The number of aromatic hydroxyl groups is 1. The number of rotatable bonds is 3. The van der Waals surface area contributed by atoms with E-state index in [9.17, 15) is 5.11 Å². The van der Waals surface area contributed by atoms with Gasteiger partial charge in [0.05, 0.1) is 5.69 Å². The van der Waals surface area contributed by atoms with Gasteiger partial charge in [-0.05, 0) is 42.0 Å². The molecule has 0 saturated carbocycles. The minimum absolute atomic E-state index is 0.328. The Labute approximate surface area is 152 Å². The topological polar surface area (TPSA) is 38.7 Å². The van der Waals surface area contributed by atoms with E-state index in [4.69, 9.17) is 23.8 Å². The molecule has 0 amide bonds. The number of phenolic OH excluding ortho intramolecular Hbond substituents is 1. The fourth-order valence-electron chi connectivity index (χ4n) is 2.77. The monoisotopic (exact) mass is 361 g/mol. The number of anilines is 1. The second-order valence-electron chi connectivity index (χ2n) is 5.75. The fraction of sp³-hybridized carbons (Fsp3) is 0.278. The SMILES string of the molecule is Oc1ccccc1N1CCN(C(=S)NCc2ccc(Cl)cc2)CC1. The normalized spacial score (nSPS) is 14.5. The molecule has 0 aromatic heterocycles. The summed E-state index contributed by atoms with van der Waals surface area (Å²) in [4.78, 5) is 4.36. The standard InChI is InChI=1S/C18H20ClN3OS/c19-15-7-5-14(6-8-15)13-20-18(24)22-11-9-21(10-12-22)16-3-1-2-4-17(16)23/h1-8,23H,9-13H2,(H,20,24). The zero-order valence-corrected chi connectivity index (χ0v) is 14.9. The van der Waals surface area contributed by atoms with Crippen molar-refractivity contribution in [1.82, 2.24) is 10.2 Å². The fourth-order valence-corrected chi connectivity index (χ4v) is 3.15. The lowest BCUT2D eigenvalue weighted by Gasteiger charge is -2.37. The molecule has 4 nitrogen and oxygen atoms in total. The van der Waals surface area contributed by atoms with Crippen LogP contribution in [-0.2, 0) is 6.54 Å². The van der Waals surface area contributed by atoms with Crippen molar-refractivity contribution < 1.29 is 5.11 Å². The summed E-state index contributed by atoms with van der Waals surface area (Å²) in [6.07, 6.45) is 0. The van der Waals surface area contributed by atoms with Gasteiger partial charge in [-0.15, -0.1) is 0 Å². The van der Waals surface area contributed by atoms with Crippen LogP contribution in [0.4, 0.5) is 5.69 Å². The van der Waals surface area contributed by atoms with E-state index in [1.165, 1.54) is 0 Å². The first-order chi connectivity index (χ1) is 11.6. The van der Waals surface area contributed by atoms with Crippen LogP contribution >= 0.6 is 23.8 Å². The van der Waals surface area contributed by atoms with E-state index in [0.29, 0.717) is 12.3 Å². The lowest BCUT2D eigenvalue weighted by molar-refractivity contribution is 0.377. The van der Waals surface area contributed by atoms with Gasteiger partial charge in [-0.1, -0.05) is 35.9 Å².